The van der Waals surface area contributed by atoms with E-state index < -0.39 is 0 Å². The summed E-state index contributed by atoms with van der Waals surface area (Å²) in [6.45, 7) is 5.73. The molecular weight excluding hydrogens is 290 g/mol. The zero-order chi connectivity index (χ0) is 16.8. The van der Waals surface area contributed by atoms with Crippen LogP contribution < -0.4 is 10.1 Å². The lowest BCUT2D eigenvalue weighted by Crippen LogP contribution is -2.20. The monoisotopic (exact) mass is 311 g/mol. The van der Waals surface area contributed by atoms with Gasteiger partial charge in [0.2, 0.25) is 0 Å². The summed E-state index contributed by atoms with van der Waals surface area (Å²) in [4.78, 5) is 22.8. The second kappa shape index (κ2) is 7.58. The molecule has 0 bridgehead atoms. The van der Waals surface area contributed by atoms with Crippen molar-refractivity contribution < 1.29 is 14.3 Å². The lowest BCUT2D eigenvalue weighted by molar-refractivity contribution is -0.118. The molecule has 0 saturated heterocycles. The molecule has 0 heterocycles. The number of ether oxygens (including phenoxy) is 1. The highest BCUT2D eigenvalue weighted by Gasteiger charge is 2.09. The van der Waals surface area contributed by atoms with Crippen LogP contribution in [-0.2, 0) is 11.2 Å². The summed E-state index contributed by atoms with van der Waals surface area (Å²) in [5.41, 5.74) is 4.26. The van der Waals surface area contributed by atoms with Crippen LogP contribution in [0, 0.1) is 13.8 Å². The molecule has 0 spiro atoms. The molecule has 0 saturated carbocycles. The number of aryl methyl sites for hydroxylation is 3. The van der Waals surface area contributed by atoms with Crippen molar-refractivity contribution in [3.8, 4) is 5.75 Å². The average molecular weight is 311 g/mol. The Morgan fingerprint density at radius 2 is 1.74 bits per heavy atom. The normalized spacial score (nSPS) is 10.2. The van der Waals surface area contributed by atoms with Crippen molar-refractivity contribution in [2.45, 2.75) is 27.2 Å². The molecule has 0 fully saturated rings. The highest BCUT2D eigenvalue weighted by molar-refractivity contribution is 5.91. The molecule has 23 heavy (non-hydrogen) atoms. The Labute approximate surface area is 136 Å². The van der Waals surface area contributed by atoms with Gasteiger partial charge in [0.1, 0.15) is 12.0 Å². The molecule has 0 aliphatic carbocycles. The largest absolute Gasteiger partial charge is 0.483 e. The van der Waals surface area contributed by atoms with Gasteiger partial charge in [0.25, 0.3) is 5.91 Å². The number of amides is 1. The molecule has 4 nitrogen and oxygen atoms in total. The van der Waals surface area contributed by atoms with Gasteiger partial charge in [0.05, 0.1) is 0 Å². The Balaban J connectivity index is 1.97. The third-order valence-corrected chi connectivity index (χ3v) is 3.61. The van der Waals surface area contributed by atoms with Gasteiger partial charge in [0.15, 0.2) is 6.61 Å². The van der Waals surface area contributed by atoms with Crippen LogP contribution in [0.1, 0.15) is 34.0 Å². The second-order valence-corrected chi connectivity index (χ2v) is 5.49. The highest BCUT2D eigenvalue weighted by atomic mass is 16.5. The first-order valence-electron chi connectivity index (χ1n) is 7.61. The third-order valence-electron chi connectivity index (χ3n) is 3.61. The van der Waals surface area contributed by atoms with E-state index in [4.69, 9.17) is 4.74 Å². The Bertz CT molecular complexity index is 682. The van der Waals surface area contributed by atoms with Crippen LogP contribution >= 0.6 is 0 Å². The van der Waals surface area contributed by atoms with E-state index in [2.05, 4.69) is 12.2 Å². The predicted octanol–water partition coefficient (Wildman–Crippen LogP) is 3.70. The molecule has 0 atom stereocenters. The van der Waals surface area contributed by atoms with Crippen LogP contribution in [0.15, 0.2) is 36.4 Å². The molecule has 2 rings (SSSR count). The summed E-state index contributed by atoms with van der Waals surface area (Å²) in [5.74, 6) is 0.430. The van der Waals surface area contributed by atoms with Crippen molar-refractivity contribution in [1.29, 1.82) is 0 Å². The van der Waals surface area contributed by atoms with Gasteiger partial charge in [-0.05, 0) is 61.2 Å². The lowest BCUT2D eigenvalue weighted by Gasteiger charge is -2.13. The minimum atomic E-state index is -0.215. The molecule has 4 heteroatoms. The maximum atomic E-state index is 12.0. The van der Waals surface area contributed by atoms with Crippen molar-refractivity contribution in [3.63, 3.8) is 0 Å². The third kappa shape index (κ3) is 4.42. The molecule has 1 amide bonds. The zero-order valence-electron chi connectivity index (χ0n) is 13.7. The summed E-state index contributed by atoms with van der Waals surface area (Å²) in [6.07, 6.45) is 1.77. The quantitative estimate of drug-likeness (QED) is 0.828. The minimum Gasteiger partial charge on any atom is -0.483 e. The van der Waals surface area contributed by atoms with E-state index in [1.807, 2.05) is 38.1 Å². The number of anilines is 1. The molecular formula is C19H21NO3. The molecule has 0 aliphatic rings. The first-order valence-corrected chi connectivity index (χ1v) is 7.61. The van der Waals surface area contributed by atoms with Gasteiger partial charge >= 0.3 is 0 Å². The number of hydrogen-bond donors (Lipinski definition) is 1. The Morgan fingerprint density at radius 3 is 2.26 bits per heavy atom. The predicted molar refractivity (Wildman–Crippen MR) is 91.2 cm³/mol. The number of carbonyl (C=O) groups excluding carboxylic acids is 2. The van der Waals surface area contributed by atoms with Crippen molar-refractivity contribution in [2.75, 3.05) is 11.9 Å². The van der Waals surface area contributed by atoms with Gasteiger partial charge in [-0.2, -0.15) is 0 Å². The second-order valence-electron chi connectivity index (χ2n) is 5.49. The van der Waals surface area contributed by atoms with E-state index in [0.29, 0.717) is 11.3 Å². The molecule has 2 aromatic rings. The van der Waals surface area contributed by atoms with Crippen LogP contribution in [0.25, 0.3) is 0 Å². The van der Waals surface area contributed by atoms with E-state index in [1.54, 1.807) is 12.1 Å². The van der Waals surface area contributed by atoms with E-state index in [0.717, 1.165) is 29.5 Å². The van der Waals surface area contributed by atoms with Crippen LogP contribution in [0.3, 0.4) is 0 Å². The fourth-order valence-corrected chi connectivity index (χ4v) is 2.44. The van der Waals surface area contributed by atoms with Gasteiger partial charge in [-0.3, -0.25) is 9.59 Å². The van der Waals surface area contributed by atoms with Gasteiger partial charge in [-0.25, -0.2) is 0 Å². The highest BCUT2D eigenvalue weighted by Crippen LogP contribution is 2.24. The average Bonchev–Trinajstić information content (AvgIpc) is 2.54. The zero-order valence-corrected chi connectivity index (χ0v) is 13.7. The van der Waals surface area contributed by atoms with Crippen LogP contribution in [0.2, 0.25) is 0 Å². The summed E-state index contributed by atoms with van der Waals surface area (Å²) >= 11 is 0. The Hall–Kier alpha value is -2.62. The number of carbonyl (C=O) groups is 2. The molecule has 2 aromatic carbocycles. The topological polar surface area (TPSA) is 55.4 Å². The SMILES string of the molecule is CCc1ccc(NC(=O)COc2c(C)cc(C=O)cc2C)cc1. The molecule has 0 aromatic heterocycles. The fraction of sp³-hybridized carbons (Fsp3) is 0.263. The molecule has 0 unspecified atom stereocenters. The summed E-state index contributed by atoms with van der Waals surface area (Å²) < 4.78 is 5.62. The standard InChI is InChI=1S/C19H21NO3/c1-4-15-5-7-17(8-6-15)20-18(22)12-23-19-13(2)9-16(11-21)10-14(19)3/h5-11H,4,12H2,1-3H3,(H,20,22). The summed E-state index contributed by atoms with van der Waals surface area (Å²) in [6, 6.07) is 11.2. The van der Waals surface area contributed by atoms with E-state index in [1.165, 1.54) is 5.56 Å². The van der Waals surface area contributed by atoms with Gasteiger partial charge in [-0.1, -0.05) is 19.1 Å². The fourth-order valence-electron chi connectivity index (χ4n) is 2.44. The summed E-state index contributed by atoms with van der Waals surface area (Å²) in [7, 11) is 0. The van der Waals surface area contributed by atoms with E-state index >= 15 is 0 Å². The smallest absolute Gasteiger partial charge is 0.262 e. The molecule has 1 N–H and O–H groups in total. The van der Waals surface area contributed by atoms with Gasteiger partial charge < -0.3 is 10.1 Å². The maximum absolute atomic E-state index is 12.0. The maximum Gasteiger partial charge on any atom is 0.262 e. The first kappa shape index (κ1) is 16.7. The first-order chi connectivity index (χ1) is 11.0. The molecule has 0 aliphatic heterocycles. The number of rotatable bonds is 6. The number of benzene rings is 2. The van der Waals surface area contributed by atoms with Crippen LogP contribution in [-0.4, -0.2) is 18.8 Å². The van der Waals surface area contributed by atoms with Gasteiger partial charge in [-0.15, -0.1) is 0 Å². The van der Waals surface area contributed by atoms with Crippen LogP contribution in [0.5, 0.6) is 5.75 Å². The van der Waals surface area contributed by atoms with Crippen molar-refractivity contribution >= 4 is 17.9 Å². The Morgan fingerprint density at radius 1 is 1.13 bits per heavy atom. The van der Waals surface area contributed by atoms with E-state index in [-0.39, 0.29) is 12.5 Å². The van der Waals surface area contributed by atoms with Crippen molar-refractivity contribution in [3.05, 3.63) is 58.7 Å². The number of aldehydes is 1. The minimum absolute atomic E-state index is 0.0718. The van der Waals surface area contributed by atoms with E-state index in [9.17, 15) is 9.59 Å². The Kier molecular flexibility index (Phi) is 5.52. The number of nitrogens with one attached hydrogen (secondary N) is 1. The molecule has 120 valence electrons. The van der Waals surface area contributed by atoms with Gasteiger partial charge in [0, 0.05) is 11.3 Å². The van der Waals surface area contributed by atoms with Crippen molar-refractivity contribution in [2.24, 2.45) is 0 Å². The number of hydrogen-bond acceptors (Lipinski definition) is 3. The molecule has 0 radical (unpaired) electrons. The van der Waals surface area contributed by atoms with Crippen molar-refractivity contribution in [1.82, 2.24) is 0 Å². The summed E-state index contributed by atoms with van der Waals surface area (Å²) in [5, 5.41) is 2.80. The van der Waals surface area contributed by atoms with Crippen LogP contribution in [0.4, 0.5) is 5.69 Å². The lowest BCUT2D eigenvalue weighted by atomic mass is 10.1.